The predicted octanol–water partition coefficient (Wildman–Crippen LogP) is 3.74. The normalized spacial score (nSPS) is 25.7. The van der Waals surface area contributed by atoms with Gasteiger partial charge in [-0.2, -0.15) is 0 Å². The molecule has 170 valence electrons. The van der Waals surface area contributed by atoms with Crippen LogP contribution in [0.4, 0.5) is 5.69 Å². The first-order chi connectivity index (χ1) is 14.8. The van der Waals surface area contributed by atoms with E-state index in [1.807, 2.05) is 45.2 Å². The molecule has 0 bridgehead atoms. The van der Waals surface area contributed by atoms with Crippen molar-refractivity contribution in [2.75, 3.05) is 25.0 Å². The van der Waals surface area contributed by atoms with Crippen molar-refractivity contribution in [1.82, 2.24) is 15.2 Å². The molecule has 4 atom stereocenters. The summed E-state index contributed by atoms with van der Waals surface area (Å²) in [6, 6.07) is 8.06. The summed E-state index contributed by atoms with van der Waals surface area (Å²) in [5.41, 5.74) is 1.86. The van der Waals surface area contributed by atoms with Gasteiger partial charge in [-0.3, -0.25) is 9.69 Å². The van der Waals surface area contributed by atoms with Gasteiger partial charge in [-0.25, -0.2) is 0 Å². The molecule has 2 aliphatic rings. The Balaban J connectivity index is 1.39. The summed E-state index contributed by atoms with van der Waals surface area (Å²) < 4.78 is 0. The highest BCUT2D eigenvalue weighted by Gasteiger charge is 2.40. The number of H-pyrrole nitrogens is 1. The van der Waals surface area contributed by atoms with Gasteiger partial charge in [0.1, 0.15) is 0 Å². The van der Waals surface area contributed by atoms with Crippen LogP contribution < -0.4 is 10.6 Å². The van der Waals surface area contributed by atoms with E-state index in [4.69, 9.17) is 0 Å². The molecular formula is C25H38N4O2. The van der Waals surface area contributed by atoms with Gasteiger partial charge in [0.05, 0.1) is 12.1 Å². The maximum Gasteiger partial charge on any atom is 0.237 e. The number of aliphatic hydroxyl groups excluding tert-OH is 1. The molecule has 2 aromatic rings. The number of β-amino-alcohol motifs (C(OH)–C–C–N with tert-alkyl or cyclic N) is 1. The van der Waals surface area contributed by atoms with Gasteiger partial charge in [0.25, 0.3) is 0 Å². The zero-order valence-electron chi connectivity index (χ0n) is 19.2. The number of aliphatic hydroxyl groups is 1. The van der Waals surface area contributed by atoms with E-state index in [0.717, 1.165) is 29.6 Å². The van der Waals surface area contributed by atoms with Crippen LogP contribution in [0.15, 0.2) is 30.5 Å². The molecule has 1 aromatic heterocycles. The maximum absolute atomic E-state index is 13.1. The van der Waals surface area contributed by atoms with Gasteiger partial charge >= 0.3 is 0 Å². The number of anilines is 1. The summed E-state index contributed by atoms with van der Waals surface area (Å²) in [5, 5.41) is 18.5. The first-order valence-electron chi connectivity index (χ1n) is 11.8. The standard InChI is InChI=1S/C25H38N4O2/c1-25(2,3)28-24(31)23-13-17-6-4-5-7-19(17)15-29(23)16-21(30)14-27-20-8-9-22-18(12-20)10-11-26-22/h8-12,17,19,21,23,26-27,30H,4-7,13-16H2,1-3H3,(H,28,31)/t17-,19+,21-,23-/m0/s1. The van der Waals surface area contributed by atoms with Crippen molar-refractivity contribution in [2.24, 2.45) is 11.8 Å². The monoisotopic (exact) mass is 426 g/mol. The highest BCUT2D eigenvalue weighted by Crippen LogP contribution is 2.38. The fourth-order valence-electron chi connectivity index (χ4n) is 5.36. The molecule has 1 saturated carbocycles. The third-order valence-corrected chi connectivity index (χ3v) is 6.84. The Labute approximate surface area is 185 Å². The third kappa shape index (κ3) is 5.60. The van der Waals surface area contributed by atoms with Gasteiger partial charge < -0.3 is 20.7 Å². The number of piperidine rings is 1. The average molecular weight is 427 g/mol. The smallest absolute Gasteiger partial charge is 0.237 e. The van der Waals surface area contributed by atoms with E-state index in [1.165, 1.54) is 25.7 Å². The lowest BCUT2D eigenvalue weighted by Crippen LogP contribution is -2.59. The second-order valence-electron chi connectivity index (χ2n) is 10.6. The van der Waals surface area contributed by atoms with Crippen molar-refractivity contribution >= 4 is 22.5 Å². The molecule has 0 radical (unpaired) electrons. The quantitative estimate of drug-likeness (QED) is 0.567. The molecular weight excluding hydrogens is 388 g/mol. The van der Waals surface area contributed by atoms with Gasteiger partial charge in [-0.05, 0) is 69.7 Å². The van der Waals surface area contributed by atoms with Crippen molar-refractivity contribution in [3.63, 3.8) is 0 Å². The van der Waals surface area contributed by atoms with Crippen molar-refractivity contribution in [3.05, 3.63) is 30.5 Å². The van der Waals surface area contributed by atoms with E-state index < -0.39 is 6.10 Å². The number of hydrogen-bond donors (Lipinski definition) is 4. The number of carbonyl (C=O) groups is 1. The Kier molecular flexibility index (Phi) is 6.58. The number of nitrogens with one attached hydrogen (secondary N) is 3. The fraction of sp³-hybridized carbons (Fsp3) is 0.640. The molecule has 1 saturated heterocycles. The molecule has 1 aliphatic carbocycles. The second kappa shape index (κ2) is 9.21. The Hall–Kier alpha value is -2.05. The molecule has 4 rings (SSSR count). The highest BCUT2D eigenvalue weighted by molar-refractivity contribution is 5.83. The molecule has 2 fully saturated rings. The topological polar surface area (TPSA) is 80.4 Å². The number of carbonyl (C=O) groups excluding carboxylic acids is 1. The Bertz CT molecular complexity index is 887. The molecule has 6 heteroatoms. The number of likely N-dealkylation sites (tertiary alicyclic amines) is 1. The number of nitrogens with zero attached hydrogens (tertiary/aromatic N) is 1. The minimum Gasteiger partial charge on any atom is -0.390 e. The highest BCUT2D eigenvalue weighted by atomic mass is 16.3. The van der Waals surface area contributed by atoms with E-state index in [0.29, 0.717) is 24.9 Å². The maximum atomic E-state index is 13.1. The molecule has 0 unspecified atom stereocenters. The zero-order chi connectivity index (χ0) is 22.0. The predicted molar refractivity (Wildman–Crippen MR) is 126 cm³/mol. The Morgan fingerprint density at radius 2 is 2.00 bits per heavy atom. The lowest BCUT2D eigenvalue weighted by molar-refractivity contribution is -0.132. The number of amides is 1. The van der Waals surface area contributed by atoms with Crippen molar-refractivity contribution in [2.45, 2.75) is 70.6 Å². The third-order valence-electron chi connectivity index (χ3n) is 6.84. The molecule has 1 aliphatic heterocycles. The van der Waals surface area contributed by atoms with Crippen LogP contribution in [-0.2, 0) is 4.79 Å². The Morgan fingerprint density at radius 1 is 1.23 bits per heavy atom. The molecule has 2 heterocycles. The van der Waals surface area contributed by atoms with E-state index >= 15 is 0 Å². The number of benzene rings is 1. The largest absolute Gasteiger partial charge is 0.390 e. The van der Waals surface area contributed by atoms with E-state index in [1.54, 1.807) is 0 Å². The van der Waals surface area contributed by atoms with Crippen molar-refractivity contribution < 1.29 is 9.90 Å². The minimum atomic E-state index is -0.535. The number of aromatic nitrogens is 1. The molecule has 1 aromatic carbocycles. The van der Waals surface area contributed by atoms with Gasteiger partial charge in [0.15, 0.2) is 0 Å². The zero-order valence-corrected chi connectivity index (χ0v) is 19.2. The van der Waals surface area contributed by atoms with E-state index in [2.05, 4.69) is 26.6 Å². The van der Waals surface area contributed by atoms with Gasteiger partial charge in [0, 0.05) is 48.0 Å². The first-order valence-corrected chi connectivity index (χ1v) is 11.8. The average Bonchev–Trinajstić information content (AvgIpc) is 3.18. The van der Waals surface area contributed by atoms with Crippen LogP contribution in [0.1, 0.15) is 52.9 Å². The number of fused-ring (bicyclic) bond motifs is 2. The summed E-state index contributed by atoms with van der Waals surface area (Å²) in [6.45, 7) is 7.99. The summed E-state index contributed by atoms with van der Waals surface area (Å²) in [5.74, 6) is 1.40. The van der Waals surface area contributed by atoms with Crippen LogP contribution in [0.2, 0.25) is 0 Å². The van der Waals surface area contributed by atoms with Gasteiger partial charge in [0.2, 0.25) is 5.91 Å². The summed E-state index contributed by atoms with van der Waals surface area (Å²) in [4.78, 5) is 18.5. The molecule has 0 spiro atoms. The summed E-state index contributed by atoms with van der Waals surface area (Å²) in [7, 11) is 0. The first kappa shape index (κ1) is 22.2. The molecule has 6 nitrogen and oxygen atoms in total. The SMILES string of the molecule is CC(C)(C)NC(=O)[C@@H]1C[C@@H]2CCCC[C@@H]2CN1C[C@@H](O)CNc1ccc2[nH]ccc2c1. The number of hydrogen-bond acceptors (Lipinski definition) is 4. The van der Waals surface area contributed by atoms with E-state index in [-0.39, 0.29) is 17.5 Å². The van der Waals surface area contributed by atoms with Gasteiger partial charge in [-0.15, -0.1) is 0 Å². The van der Waals surface area contributed by atoms with Crippen LogP contribution in [0, 0.1) is 11.8 Å². The van der Waals surface area contributed by atoms with Crippen molar-refractivity contribution in [1.29, 1.82) is 0 Å². The summed E-state index contributed by atoms with van der Waals surface area (Å²) >= 11 is 0. The Morgan fingerprint density at radius 3 is 2.77 bits per heavy atom. The van der Waals surface area contributed by atoms with Crippen LogP contribution in [0.5, 0.6) is 0 Å². The number of rotatable bonds is 6. The molecule has 1 amide bonds. The molecule has 4 N–H and O–H groups in total. The van der Waals surface area contributed by atoms with Crippen molar-refractivity contribution in [3.8, 4) is 0 Å². The van der Waals surface area contributed by atoms with E-state index in [9.17, 15) is 9.90 Å². The fourth-order valence-corrected chi connectivity index (χ4v) is 5.36. The van der Waals surface area contributed by atoms with Crippen LogP contribution >= 0.6 is 0 Å². The minimum absolute atomic E-state index is 0.106. The summed E-state index contributed by atoms with van der Waals surface area (Å²) in [6.07, 6.45) is 7.38. The van der Waals surface area contributed by atoms with Crippen LogP contribution in [0.25, 0.3) is 10.9 Å². The van der Waals surface area contributed by atoms with Crippen LogP contribution in [0.3, 0.4) is 0 Å². The van der Waals surface area contributed by atoms with Gasteiger partial charge in [-0.1, -0.05) is 19.3 Å². The second-order valence-corrected chi connectivity index (χ2v) is 10.6. The lowest BCUT2D eigenvalue weighted by Gasteiger charge is -2.46. The van der Waals surface area contributed by atoms with Crippen LogP contribution in [-0.4, -0.2) is 58.2 Å². The molecule has 31 heavy (non-hydrogen) atoms. The number of aromatic amines is 1. The lowest BCUT2D eigenvalue weighted by atomic mass is 9.72.